The highest BCUT2D eigenvalue weighted by Gasteiger charge is 2.19. The Labute approximate surface area is 731 Å². The number of fused-ring (bicyclic) bond motifs is 5. The fourth-order valence-corrected chi connectivity index (χ4v) is 14.6. The predicted molar refractivity (Wildman–Crippen MR) is 473 cm³/mol. The number of pyridine rings is 5. The van der Waals surface area contributed by atoms with Crippen molar-refractivity contribution in [2.75, 3.05) is 34.4 Å². The van der Waals surface area contributed by atoms with Gasteiger partial charge in [0.05, 0.1) is 109 Å². The Hall–Kier alpha value is -7.73. The molecule has 13 aromatic rings. The van der Waals surface area contributed by atoms with Crippen LogP contribution in [-0.4, -0.2) is 144 Å². The summed E-state index contributed by atoms with van der Waals surface area (Å²) < 4.78 is 16.6. The van der Waals surface area contributed by atoms with E-state index in [-0.39, 0.29) is 61.3 Å². The minimum Gasteiger partial charge on any atom is -0.504 e. The van der Waals surface area contributed by atoms with Crippen molar-refractivity contribution in [3.63, 3.8) is 0 Å². The Kier molecular flexibility index (Phi) is 37.8. The molecule has 0 aliphatic carbocycles. The highest BCUT2D eigenvalue weighted by atomic mass is 35.5. The average molecular weight is 1800 g/mol. The second-order valence-corrected chi connectivity index (χ2v) is 31.8. The van der Waals surface area contributed by atoms with Crippen LogP contribution in [0.3, 0.4) is 0 Å². The molecule has 5 N–H and O–H groups in total. The van der Waals surface area contributed by atoms with Gasteiger partial charge in [-0.2, -0.15) is 0 Å². The van der Waals surface area contributed by atoms with Gasteiger partial charge in [-0.15, -0.1) is 15.3 Å². The fourth-order valence-electron chi connectivity index (χ4n) is 12.1. The third-order valence-electron chi connectivity index (χ3n) is 17.8. The summed E-state index contributed by atoms with van der Waals surface area (Å²) >= 11 is 60.4. The number of hydrogen-bond donors (Lipinski definition) is 5. The van der Waals surface area contributed by atoms with E-state index >= 15 is 0 Å². The molecule has 0 unspecified atom stereocenters. The van der Waals surface area contributed by atoms with Gasteiger partial charge in [0.15, 0.2) is 28.7 Å². The molecule has 0 amide bonds. The van der Waals surface area contributed by atoms with Crippen LogP contribution >= 0.6 is 116 Å². The highest BCUT2D eigenvalue weighted by molar-refractivity contribution is 6.42. The van der Waals surface area contributed by atoms with Gasteiger partial charge >= 0.3 is 0 Å². The molecule has 0 saturated heterocycles. The maximum atomic E-state index is 10.2. The summed E-state index contributed by atoms with van der Waals surface area (Å²) in [7, 11) is 5.96. The molecular weight excluding hydrogens is 1700 g/mol. The van der Waals surface area contributed by atoms with Gasteiger partial charge in [-0.25, -0.2) is 24.9 Å². The van der Waals surface area contributed by atoms with E-state index in [1.807, 2.05) is 121 Å². The Morgan fingerprint density at radius 2 is 0.564 bits per heavy atom. The summed E-state index contributed by atoms with van der Waals surface area (Å²) in [6, 6.07) is 26.2. The van der Waals surface area contributed by atoms with E-state index in [0.29, 0.717) is 139 Å². The first-order valence-corrected chi connectivity index (χ1v) is 41.7. The molecule has 0 radical (unpaired) electrons. The highest BCUT2D eigenvalue weighted by Crippen LogP contribution is 2.41. The molecule has 117 heavy (non-hydrogen) atoms. The van der Waals surface area contributed by atoms with Crippen LogP contribution in [-0.2, 0) is 81.6 Å². The fraction of sp³-hybridized carbons (Fsp3) is 0.386. The molecule has 626 valence electrons. The lowest BCUT2D eigenvalue weighted by atomic mass is 10.2. The molecule has 13 rings (SSSR count). The lowest BCUT2D eigenvalue weighted by molar-refractivity contribution is 0.115. The molecule has 8 heterocycles. The maximum Gasteiger partial charge on any atom is 0.160 e. The number of rotatable bonds is 31. The van der Waals surface area contributed by atoms with Gasteiger partial charge in [0.1, 0.15) is 27.6 Å². The molecule has 0 aliphatic rings. The molecule has 0 saturated carbocycles. The summed E-state index contributed by atoms with van der Waals surface area (Å²) in [5.74, 6) is -0.231. The number of nitrogens with zero attached hydrogens (tertiary/aromatic N) is 17. The van der Waals surface area contributed by atoms with Gasteiger partial charge in [-0.05, 0) is 144 Å². The Morgan fingerprint density at radius 3 is 0.863 bits per heavy atom. The minimum absolute atomic E-state index is 0. The number of phenolic OH excluding ortho intramolecular Hbond substituents is 5. The summed E-state index contributed by atoms with van der Waals surface area (Å²) in [4.78, 5) is 28.5. The predicted octanol–water partition coefficient (Wildman–Crippen LogP) is 22.6. The van der Waals surface area contributed by atoms with Gasteiger partial charge in [0.2, 0.25) is 0 Å². The average Bonchev–Trinajstić information content (AvgIpc) is 1.06. The number of benzene rings is 5. The molecule has 0 fully saturated rings. The third kappa shape index (κ3) is 27.1. The largest absolute Gasteiger partial charge is 0.504 e. The first kappa shape index (κ1) is 94.8. The minimum atomic E-state index is -0.0481. The first-order valence-electron chi connectivity index (χ1n) is 37.9. The van der Waals surface area contributed by atoms with E-state index in [1.54, 1.807) is 0 Å². The summed E-state index contributed by atoms with van der Waals surface area (Å²) in [6.45, 7) is 19.3. The van der Waals surface area contributed by atoms with Gasteiger partial charge in [0.25, 0.3) is 0 Å². The lowest BCUT2D eigenvalue weighted by Gasteiger charge is -2.15. The van der Waals surface area contributed by atoms with Crippen molar-refractivity contribution >= 4 is 171 Å². The second kappa shape index (κ2) is 46.7. The van der Waals surface area contributed by atoms with Gasteiger partial charge < -0.3 is 35.0 Å². The van der Waals surface area contributed by atoms with E-state index in [2.05, 4.69) is 98.3 Å². The Balaban J connectivity index is 0.000000183. The number of ether oxygens (including phenoxy) is 2. The van der Waals surface area contributed by atoms with Gasteiger partial charge in [0, 0.05) is 118 Å². The van der Waals surface area contributed by atoms with Crippen molar-refractivity contribution in [1.82, 2.24) is 84.6 Å². The number of aromatic nitrogens is 14. The second-order valence-electron chi connectivity index (χ2n) is 27.7. The van der Waals surface area contributed by atoms with Gasteiger partial charge in [-0.1, -0.05) is 206 Å². The summed E-state index contributed by atoms with van der Waals surface area (Å²) in [5, 5.41) is 82.2. The molecule has 0 atom stereocenters. The number of aryl methyl sites for hydroxylation is 3. The van der Waals surface area contributed by atoms with E-state index < -0.39 is 0 Å². The Morgan fingerprint density at radius 1 is 0.299 bits per heavy atom. The van der Waals surface area contributed by atoms with E-state index in [1.165, 1.54) is 49.6 Å². The number of halogens is 10. The van der Waals surface area contributed by atoms with Crippen molar-refractivity contribution in [3.05, 3.63) is 205 Å². The van der Waals surface area contributed by atoms with Crippen LogP contribution in [0.5, 0.6) is 28.7 Å². The molecule has 24 nitrogen and oxygen atoms in total. The van der Waals surface area contributed by atoms with Crippen LogP contribution in [0.1, 0.15) is 152 Å². The molecule has 0 bridgehead atoms. The van der Waals surface area contributed by atoms with Gasteiger partial charge in [-0.3, -0.25) is 28.7 Å². The topological polar surface area (TPSA) is 286 Å². The van der Waals surface area contributed by atoms with Crippen molar-refractivity contribution < 1.29 is 35.0 Å². The normalized spacial score (nSPS) is 11.3. The molecule has 0 spiro atoms. The number of hydrogen-bond acceptors (Lipinski definition) is 21. The molecular formula is C83H97Cl10N17O7. The van der Waals surface area contributed by atoms with Crippen molar-refractivity contribution in [3.8, 4) is 28.7 Å². The lowest BCUT2D eigenvalue weighted by Crippen LogP contribution is -2.18. The van der Waals surface area contributed by atoms with Crippen LogP contribution in [0.15, 0.2) is 110 Å². The van der Waals surface area contributed by atoms with Crippen LogP contribution in [0.2, 0.25) is 50.2 Å². The van der Waals surface area contributed by atoms with Crippen LogP contribution in [0.25, 0.3) is 54.5 Å². The SMILES string of the molecule is C.CCCCCOCc1ccc2c(Cl)cc(Cl)c(O)c2n1.CCCCCn1cc(CN(C)Cc2ccc3c(Cl)cc(Cl)c(O)c3n2)nn1.CCCCn1cc(CN(C)Cc2ccc3c(Cl)cc(Cl)c(O)c3n2)nn1.CCCOCc1ccc2c(Cl)cc(Cl)c(O)c2n1.CCCn1cc(CN(C)Cc2ccc3c(Cl)cc(Cl)c(O)c3n2)nn1. The zero-order valence-electron chi connectivity index (χ0n) is 65.6. The van der Waals surface area contributed by atoms with Crippen molar-refractivity contribution in [1.29, 1.82) is 0 Å². The van der Waals surface area contributed by atoms with E-state index in [4.69, 9.17) is 125 Å². The Bertz CT molecular complexity index is 5430. The van der Waals surface area contributed by atoms with Crippen molar-refractivity contribution in [2.45, 2.75) is 178 Å². The quantitative estimate of drug-likeness (QED) is 0.0252. The zero-order chi connectivity index (χ0) is 83.7. The maximum absolute atomic E-state index is 10.2. The van der Waals surface area contributed by atoms with E-state index in [9.17, 15) is 25.5 Å². The number of phenols is 5. The molecule has 5 aromatic carbocycles. The molecule has 0 aliphatic heterocycles. The first-order chi connectivity index (χ1) is 55.7. The monoisotopic (exact) mass is 1790 g/mol. The molecule has 34 heteroatoms. The third-order valence-corrected chi connectivity index (χ3v) is 20.8. The summed E-state index contributed by atoms with van der Waals surface area (Å²) in [5.41, 5.74) is 8.74. The van der Waals surface area contributed by atoms with Crippen LogP contribution in [0, 0.1) is 0 Å². The number of unbranched alkanes of at least 4 members (excludes halogenated alkanes) is 5. The van der Waals surface area contributed by atoms with E-state index in [0.717, 1.165) is 117 Å². The van der Waals surface area contributed by atoms with Crippen LogP contribution in [0.4, 0.5) is 0 Å². The standard InChI is InChI=1S/C19H23Cl2N5O.C18H21Cl2N5O.C17H19Cl2N5O.C15H17Cl2NO2.C13H13Cl2NO2.CH4/c1-3-4-5-8-26-12-14(23-24-26)11-25(2)10-13-6-7-15-16(20)9-17(21)19(27)18(15)22-13;1-3-4-7-25-11-13(22-23-25)10-24(2)9-12-5-6-14-15(19)8-16(20)18(26)17(14)21-12;1-3-6-24-10-12(21-22-24)9-23(2)8-11-4-5-13-14(18)7-15(19)17(25)16(13)20-11;1-2-3-4-7-20-9-10-5-6-11-12(16)8-13(17)15(19)14(11)18-10;1-2-5-18-7-8-3-4-9-10(14)6-11(15)13(17)12(9)16-8;/h6-7,9,12,27H,3-5,8,10-11H2,1-2H3;5-6,8,11,26H,3-4,7,9-10H2,1-2H3;4-5,7,10,25H,3,6,8-9H2,1-2H3;5-6,8,19H,2-4,7,9H2,1H3;3-4,6,17H,2,5,7H2,1H3;1H4. The molecule has 8 aromatic heterocycles. The smallest absolute Gasteiger partial charge is 0.160 e. The van der Waals surface area contributed by atoms with Crippen LogP contribution < -0.4 is 0 Å². The van der Waals surface area contributed by atoms with Crippen molar-refractivity contribution in [2.24, 2.45) is 0 Å². The summed E-state index contributed by atoms with van der Waals surface area (Å²) in [6.07, 6.45) is 17.0. The zero-order valence-corrected chi connectivity index (χ0v) is 73.1. The number of aromatic hydroxyl groups is 5.